The van der Waals surface area contributed by atoms with E-state index in [9.17, 15) is 9.90 Å². The number of carbonyl (C=O) groups is 1. The van der Waals surface area contributed by atoms with Gasteiger partial charge in [-0.3, -0.25) is 0 Å². The van der Waals surface area contributed by atoms with Gasteiger partial charge in [0.1, 0.15) is 0 Å². The molecule has 0 atom stereocenters. The van der Waals surface area contributed by atoms with Crippen LogP contribution in [-0.2, 0) is 5.60 Å². The third-order valence-electron chi connectivity index (χ3n) is 4.62. The van der Waals surface area contributed by atoms with Gasteiger partial charge in [-0.15, -0.1) is 0 Å². The minimum atomic E-state index is -1.01. The Balaban J connectivity index is 2.02. The summed E-state index contributed by atoms with van der Waals surface area (Å²) < 4.78 is 0. The molecule has 128 valence electrons. The van der Waals surface area contributed by atoms with Crippen molar-refractivity contribution in [3.05, 3.63) is 29.8 Å². The van der Waals surface area contributed by atoms with E-state index < -0.39 is 17.2 Å². The molecular formula is C18H28N2O3. The zero-order valence-electron chi connectivity index (χ0n) is 14.1. The summed E-state index contributed by atoms with van der Waals surface area (Å²) in [5.41, 5.74) is 0.679. The summed E-state index contributed by atoms with van der Waals surface area (Å²) in [5.74, 6) is 0. The minimum absolute atomic E-state index is 0.491. The van der Waals surface area contributed by atoms with Crippen LogP contribution < -0.4 is 10.6 Å². The monoisotopic (exact) mass is 320 g/mol. The molecule has 0 radical (unpaired) electrons. The van der Waals surface area contributed by atoms with Crippen molar-refractivity contribution in [3.63, 3.8) is 0 Å². The molecule has 1 amide bonds. The summed E-state index contributed by atoms with van der Waals surface area (Å²) in [5, 5.41) is 25.7. The Morgan fingerprint density at radius 1 is 1.22 bits per heavy atom. The first-order valence-corrected chi connectivity index (χ1v) is 8.39. The SMILES string of the molecule is CC(C)(CCNc1ccccc1C1(O)CCCCC1)NC(=O)O. The lowest BCUT2D eigenvalue weighted by molar-refractivity contribution is 0.0000149. The summed E-state index contributed by atoms with van der Waals surface area (Å²) in [6, 6.07) is 7.90. The van der Waals surface area contributed by atoms with Crippen LogP contribution in [0.1, 0.15) is 57.9 Å². The Morgan fingerprint density at radius 3 is 2.52 bits per heavy atom. The van der Waals surface area contributed by atoms with Crippen LogP contribution in [0, 0.1) is 0 Å². The molecule has 1 aliphatic rings. The molecule has 0 spiro atoms. The van der Waals surface area contributed by atoms with Gasteiger partial charge in [-0.1, -0.05) is 37.5 Å². The molecule has 0 bridgehead atoms. The van der Waals surface area contributed by atoms with Crippen molar-refractivity contribution in [2.75, 3.05) is 11.9 Å². The van der Waals surface area contributed by atoms with E-state index in [1.165, 1.54) is 6.42 Å². The van der Waals surface area contributed by atoms with Crippen molar-refractivity contribution in [2.45, 2.75) is 63.5 Å². The molecule has 5 nitrogen and oxygen atoms in total. The van der Waals surface area contributed by atoms with E-state index >= 15 is 0 Å². The van der Waals surface area contributed by atoms with E-state index in [4.69, 9.17) is 5.11 Å². The first-order valence-electron chi connectivity index (χ1n) is 8.39. The normalized spacial score (nSPS) is 17.5. The molecule has 1 fully saturated rings. The van der Waals surface area contributed by atoms with Crippen LogP contribution in [0.5, 0.6) is 0 Å². The second kappa shape index (κ2) is 7.21. The maximum atomic E-state index is 11.0. The largest absolute Gasteiger partial charge is 0.465 e. The van der Waals surface area contributed by atoms with E-state index in [0.717, 1.165) is 36.9 Å². The average molecular weight is 320 g/mol. The number of hydrogen-bond donors (Lipinski definition) is 4. The van der Waals surface area contributed by atoms with Crippen LogP contribution in [0.25, 0.3) is 0 Å². The van der Waals surface area contributed by atoms with Gasteiger partial charge in [-0.25, -0.2) is 4.79 Å². The zero-order chi connectivity index (χ0) is 16.9. The van der Waals surface area contributed by atoms with E-state index in [0.29, 0.717) is 13.0 Å². The summed E-state index contributed by atoms with van der Waals surface area (Å²) in [6.07, 6.45) is 4.56. The predicted molar refractivity (Wildman–Crippen MR) is 91.8 cm³/mol. The van der Waals surface area contributed by atoms with Crippen molar-refractivity contribution in [3.8, 4) is 0 Å². The fourth-order valence-corrected chi connectivity index (χ4v) is 3.31. The Labute approximate surface area is 138 Å². The summed E-state index contributed by atoms with van der Waals surface area (Å²) in [6.45, 7) is 4.37. The maximum absolute atomic E-state index is 11.0. The molecule has 0 aromatic heterocycles. The van der Waals surface area contributed by atoms with Gasteiger partial charge in [-0.2, -0.15) is 0 Å². The molecule has 0 heterocycles. The standard InChI is InChI=1S/C18H28N2O3/c1-17(2,20-16(21)22)12-13-19-15-9-5-4-8-14(15)18(23)10-6-3-7-11-18/h4-5,8-9,19-20,23H,3,6-7,10-13H2,1-2H3,(H,21,22). The third kappa shape index (κ3) is 4.86. The fraction of sp³-hybridized carbons (Fsp3) is 0.611. The second-order valence-corrected chi connectivity index (χ2v) is 7.13. The molecule has 1 saturated carbocycles. The van der Waals surface area contributed by atoms with Gasteiger partial charge in [0.25, 0.3) is 0 Å². The molecule has 5 heteroatoms. The molecule has 23 heavy (non-hydrogen) atoms. The number of amides is 1. The molecule has 1 aliphatic carbocycles. The lowest BCUT2D eigenvalue weighted by Crippen LogP contribution is -2.43. The van der Waals surface area contributed by atoms with Crippen LogP contribution in [0.4, 0.5) is 10.5 Å². The van der Waals surface area contributed by atoms with Crippen molar-refractivity contribution in [1.29, 1.82) is 0 Å². The number of rotatable bonds is 6. The Morgan fingerprint density at radius 2 is 1.87 bits per heavy atom. The zero-order valence-corrected chi connectivity index (χ0v) is 14.1. The van der Waals surface area contributed by atoms with E-state index in [1.54, 1.807) is 0 Å². The van der Waals surface area contributed by atoms with Gasteiger partial charge in [0.15, 0.2) is 0 Å². The lowest BCUT2D eigenvalue weighted by Gasteiger charge is -2.34. The Hall–Kier alpha value is -1.75. The van der Waals surface area contributed by atoms with Crippen molar-refractivity contribution < 1.29 is 15.0 Å². The molecule has 0 aliphatic heterocycles. The van der Waals surface area contributed by atoms with Crippen LogP contribution >= 0.6 is 0 Å². The number of carboxylic acid groups (broad SMARTS) is 1. The smallest absolute Gasteiger partial charge is 0.405 e. The van der Waals surface area contributed by atoms with Crippen LogP contribution in [0.2, 0.25) is 0 Å². The quantitative estimate of drug-likeness (QED) is 0.644. The summed E-state index contributed by atoms with van der Waals surface area (Å²) >= 11 is 0. The van der Waals surface area contributed by atoms with Crippen LogP contribution in [0.15, 0.2) is 24.3 Å². The maximum Gasteiger partial charge on any atom is 0.405 e. The Bertz CT molecular complexity index is 537. The Kier molecular flexibility index (Phi) is 5.52. The topological polar surface area (TPSA) is 81.6 Å². The van der Waals surface area contributed by atoms with Gasteiger partial charge < -0.3 is 20.8 Å². The first kappa shape index (κ1) is 17.6. The number of nitrogens with one attached hydrogen (secondary N) is 2. The van der Waals surface area contributed by atoms with Gasteiger partial charge in [0.2, 0.25) is 0 Å². The van der Waals surface area contributed by atoms with Crippen molar-refractivity contribution in [1.82, 2.24) is 5.32 Å². The van der Waals surface area contributed by atoms with E-state index in [2.05, 4.69) is 10.6 Å². The molecular weight excluding hydrogens is 292 g/mol. The number of para-hydroxylation sites is 1. The number of aliphatic hydroxyl groups is 1. The highest BCUT2D eigenvalue weighted by Crippen LogP contribution is 2.40. The van der Waals surface area contributed by atoms with E-state index in [1.807, 2.05) is 38.1 Å². The highest BCUT2D eigenvalue weighted by molar-refractivity contribution is 5.65. The molecule has 1 aromatic rings. The number of anilines is 1. The third-order valence-corrected chi connectivity index (χ3v) is 4.62. The molecule has 1 aromatic carbocycles. The van der Waals surface area contributed by atoms with Crippen LogP contribution in [0.3, 0.4) is 0 Å². The minimum Gasteiger partial charge on any atom is -0.465 e. The lowest BCUT2D eigenvalue weighted by atomic mass is 9.79. The molecule has 2 rings (SSSR count). The van der Waals surface area contributed by atoms with Crippen molar-refractivity contribution >= 4 is 11.8 Å². The predicted octanol–water partition coefficient (Wildman–Crippen LogP) is 3.69. The van der Waals surface area contributed by atoms with Crippen LogP contribution in [-0.4, -0.2) is 28.4 Å². The second-order valence-electron chi connectivity index (χ2n) is 7.13. The van der Waals surface area contributed by atoms with Gasteiger partial charge in [-0.05, 0) is 39.2 Å². The summed E-state index contributed by atoms with van der Waals surface area (Å²) in [7, 11) is 0. The van der Waals surface area contributed by atoms with E-state index in [-0.39, 0.29) is 0 Å². The highest BCUT2D eigenvalue weighted by Gasteiger charge is 2.33. The molecule has 0 unspecified atom stereocenters. The first-order chi connectivity index (χ1) is 10.8. The van der Waals surface area contributed by atoms with Crippen molar-refractivity contribution in [2.24, 2.45) is 0 Å². The molecule has 0 saturated heterocycles. The molecule has 4 N–H and O–H groups in total. The number of benzene rings is 1. The summed E-state index contributed by atoms with van der Waals surface area (Å²) in [4.78, 5) is 10.8. The fourth-order valence-electron chi connectivity index (χ4n) is 3.31. The van der Waals surface area contributed by atoms with Gasteiger partial charge >= 0.3 is 6.09 Å². The number of hydrogen-bond acceptors (Lipinski definition) is 3. The average Bonchev–Trinajstić information content (AvgIpc) is 2.47. The van der Waals surface area contributed by atoms with Gasteiger partial charge in [0, 0.05) is 23.3 Å². The highest BCUT2D eigenvalue weighted by atomic mass is 16.4. The van der Waals surface area contributed by atoms with Gasteiger partial charge in [0.05, 0.1) is 5.60 Å².